The molecular formula is C129H120N6O. The van der Waals surface area contributed by atoms with E-state index >= 15 is 0 Å². The first-order valence-electron chi connectivity index (χ1n) is 48.5. The van der Waals surface area contributed by atoms with E-state index in [-0.39, 0.29) is 0 Å². The van der Waals surface area contributed by atoms with E-state index in [9.17, 15) is 0 Å². The fourth-order valence-electron chi connectivity index (χ4n) is 23.9. The zero-order valence-electron chi connectivity index (χ0n) is 84.1. The first-order chi connectivity index (χ1) is 65.1. The normalized spacial score (nSPS) is 12.1. The van der Waals surface area contributed by atoms with Gasteiger partial charge in [0.1, 0.15) is 11.2 Å². The van der Waals surface area contributed by atoms with Crippen molar-refractivity contribution >= 4 is 153 Å². The molecule has 0 fully saturated rings. The van der Waals surface area contributed by atoms with E-state index in [2.05, 4.69) is 451 Å². The zero-order chi connectivity index (χ0) is 95.1. The molecule has 0 aliphatic carbocycles. The van der Waals surface area contributed by atoms with Crippen LogP contribution in [0.2, 0.25) is 0 Å². The number of nitrogens with zero attached hydrogens (tertiary/aromatic N) is 6. The van der Waals surface area contributed by atoms with Crippen LogP contribution in [-0.4, -0.2) is 27.4 Å². The number of fused-ring (bicyclic) bond motifs is 21. The van der Waals surface area contributed by atoms with Gasteiger partial charge in [-0.2, -0.15) is 0 Å². The van der Waals surface area contributed by atoms with Crippen molar-refractivity contribution in [2.75, 3.05) is 0 Å². The Bertz CT molecular complexity index is 8530. The molecule has 672 valence electrons. The van der Waals surface area contributed by atoms with Gasteiger partial charge in [0.25, 0.3) is 0 Å². The molecule has 24 aromatic rings. The second-order valence-electron chi connectivity index (χ2n) is 40.7. The lowest BCUT2D eigenvalue weighted by molar-refractivity contribution is 0.661. The highest BCUT2D eigenvalue weighted by Gasteiger charge is 2.32. The van der Waals surface area contributed by atoms with Crippen molar-refractivity contribution in [3.63, 3.8) is 0 Å². The number of aromatic nitrogens is 6. The third-order valence-corrected chi connectivity index (χ3v) is 31.2. The SMILES string of the molecule is Cc1cc(-n2c3ccc(C)cc3c3cc(C)ccc32)cc(-n2c3ccc(C)cc3c3cc(C)ccc32)c1.Cc1ccc2c(c1)c1cc(C)ccc1n2-c1c(C)c(C)c(C)c(-c2c(C)c(C)c(C)c(-n3c4ccc(C)cc4c4cc(C)ccc43)c2C)c1C.Cc1ccc2c(c1)c1cc(C)ccc1n2-c1c(C)c(C)c2oc3c(C)c(C)c(-n4c5ccc(C)cc5c5cc(C)ccc54)c(C)c3c2c1C. The molecule has 0 radical (unpaired) electrons. The number of hydrogen-bond donors (Lipinski definition) is 0. The summed E-state index contributed by atoms with van der Waals surface area (Å²) < 4.78 is 22.0. The molecular weight excluding hydrogens is 1650 g/mol. The van der Waals surface area contributed by atoms with Gasteiger partial charge in [0.2, 0.25) is 0 Å². The highest BCUT2D eigenvalue weighted by atomic mass is 16.3. The van der Waals surface area contributed by atoms with E-state index in [1.54, 1.807) is 0 Å². The minimum atomic E-state index is 0.998. The summed E-state index contributed by atoms with van der Waals surface area (Å²) in [5.41, 5.74) is 62.1. The first kappa shape index (κ1) is 86.7. The molecule has 7 aromatic heterocycles. The molecule has 7 heteroatoms. The average Bonchev–Trinajstić information content (AvgIpc) is 1.52. The molecule has 17 aromatic carbocycles. The van der Waals surface area contributed by atoms with Crippen LogP contribution in [0, 0.1) is 187 Å². The van der Waals surface area contributed by atoms with Crippen molar-refractivity contribution < 1.29 is 4.42 Å². The van der Waals surface area contributed by atoms with Crippen LogP contribution in [0.5, 0.6) is 0 Å². The summed E-state index contributed by atoms with van der Waals surface area (Å²) in [4.78, 5) is 0. The van der Waals surface area contributed by atoms with E-state index < -0.39 is 0 Å². The largest absolute Gasteiger partial charge is 0.455 e. The Labute approximate surface area is 798 Å². The quantitative estimate of drug-likeness (QED) is 0.157. The highest BCUT2D eigenvalue weighted by molar-refractivity contribution is 6.19. The summed E-state index contributed by atoms with van der Waals surface area (Å²) in [6.45, 7) is 60.8. The van der Waals surface area contributed by atoms with Gasteiger partial charge in [-0.1, -0.05) is 140 Å². The van der Waals surface area contributed by atoms with E-state index in [1.807, 2.05) is 0 Å². The van der Waals surface area contributed by atoms with Gasteiger partial charge in [-0.05, 0) is 445 Å². The van der Waals surface area contributed by atoms with Gasteiger partial charge in [-0.3, -0.25) is 0 Å². The second kappa shape index (κ2) is 31.7. The number of hydrogen-bond acceptors (Lipinski definition) is 1. The van der Waals surface area contributed by atoms with Gasteiger partial charge < -0.3 is 31.8 Å². The number of aryl methyl sites for hydroxylation is 17. The Morgan fingerprint density at radius 3 is 0.500 bits per heavy atom. The summed E-state index contributed by atoms with van der Waals surface area (Å²) >= 11 is 0. The van der Waals surface area contributed by atoms with Gasteiger partial charge in [0, 0.05) is 86.8 Å². The second-order valence-corrected chi connectivity index (χ2v) is 40.7. The molecule has 7 nitrogen and oxygen atoms in total. The molecule has 0 aliphatic rings. The average molecular weight is 1770 g/mol. The Balaban J connectivity index is 0.000000120. The van der Waals surface area contributed by atoms with Crippen LogP contribution in [0.25, 0.3) is 198 Å². The van der Waals surface area contributed by atoms with E-state index in [4.69, 9.17) is 4.42 Å². The van der Waals surface area contributed by atoms with Crippen molar-refractivity contribution in [3.8, 4) is 45.3 Å². The Morgan fingerprint density at radius 2 is 0.309 bits per heavy atom. The highest BCUT2D eigenvalue weighted by Crippen LogP contribution is 2.52. The number of furan rings is 1. The minimum absolute atomic E-state index is 0.998. The van der Waals surface area contributed by atoms with Crippen molar-refractivity contribution in [2.45, 2.75) is 187 Å². The summed E-state index contributed by atoms with van der Waals surface area (Å²) in [6.07, 6.45) is 0. The molecule has 0 saturated heterocycles. The van der Waals surface area contributed by atoms with Crippen LogP contribution in [0.15, 0.2) is 241 Å². The molecule has 24 rings (SSSR count). The van der Waals surface area contributed by atoms with Crippen LogP contribution in [0.4, 0.5) is 0 Å². The molecule has 136 heavy (non-hydrogen) atoms. The van der Waals surface area contributed by atoms with E-state index in [1.165, 1.54) is 337 Å². The predicted octanol–water partition coefficient (Wildman–Crippen LogP) is 35.5. The maximum absolute atomic E-state index is 6.98. The molecule has 0 unspecified atom stereocenters. The Morgan fingerprint density at radius 1 is 0.140 bits per heavy atom. The van der Waals surface area contributed by atoms with Crippen LogP contribution in [0.1, 0.15) is 150 Å². The van der Waals surface area contributed by atoms with Crippen molar-refractivity contribution in [2.24, 2.45) is 0 Å². The van der Waals surface area contributed by atoms with Crippen LogP contribution < -0.4 is 0 Å². The summed E-state index contributed by atoms with van der Waals surface area (Å²) in [5.74, 6) is 0. The molecule has 0 amide bonds. The van der Waals surface area contributed by atoms with Crippen molar-refractivity contribution in [1.29, 1.82) is 0 Å². The summed E-state index contributed by atoms with van der Waals surface area (Å²) in [7, 11) is 0. The third kappa shape index (κ3) is 13.1. The van der Waals surface area contributed by atoms with Gasteiger partial charge in [-0.25, -0.2) is 0 Å². The Kier molecular flexibility index (Phi) is 20.2. The third-order valence-electron chi connectivity index (χ3n) is 31.2. The first-order valence-corrected chi connectivity index (χ1v) is 48.5. The lowest BCUT2D eigenvalue weighted by Gasteiger charge is -2.28. The molecule has 0 spiro atoms. The fraction of sp³-hybridized carbons (Fsp3) is 0.209. The topological polar surface area (TPSA) is 42.7 Å². The van der Waals surface area contributed by atoms with E-state index in [0.29, 0.717) is 0 Å². The monoisotopic (exact) mass is 1770 g/mol. The Hall–Kier alpha value is -14.7. The summed E-state index contributed by atoms with van der Waals surface area (Å²) in [6, 6.07) is 89.5. The van der Waals surface area contributed by atoms with Gasteiger partial charge in [0.05, 0.1) is 88.9 Å². The van der Waals surface area contributed by atoms with Gasteiger partial charge >= 0.3 is 0 Å². The molecule has 0 atom stereocenters. The van der Waals surface area contributed by atoms with Crippen LogP contribution >= 0.6 is 0 Å². The van der Waals surface area contributed by atoms with Crippen LogP contribution in [-0.2, 0) is 0 Å². The van der Waals surface area contributed by atoms with Gasteiger partial charge in [0.15, 0.2) is 0 Å². The maximum Gasteiger partial charge on any atom is 0.139 e. The number of benzene rings is 17. The molecule has 0 N–H and O–H groups in total. The van der Waals surface area contributed by atoms with Crippen LogP contribution in [0.3, 0.4) is 0 Å². The maximum atomic E-state index is 6.98. The van der Waals surface area contributed by atoms with Crippen molar-refractivity contribution in [3.05, 3.63) is 387 Å². The van der Waals surface area contributed by atoms with E-state index in [0.717, 1.165) is 11.2 Å². The lowest BCUT2D eigenvalue weighted by Crippen LogP contribution is -2.10. The fourth-order valence-corrected chi connectivity index (χ4v) is 23.9. The standard InChI is InChI=1S/C48H48N2.C46H42N2O.C35H30N2/c1-25-13-17-41-37(21-25)38-22-26(2)14-18-42(38)49(41)47-33(9)29(5)31(7)45(35(47)11)46-32(8)30(6)34(10)48(36(46)12)50-43-19-15-27(3)23-39(43)40-24-28(4)16-20-44(40)50;1-23-11-15-37-33(19-23)34-20-24(2)12-16-38(34)47(37)43-27(5)29(7)45-41(31(43)9)42-32(10)44(28(6)30(8)46(42)49-45)48-39-17-13-25(3)21-35(39)36-22-26(4)14-18-40(36)48;1-21-6-10-32-28(16-21)29-17-22(2)7-11-33(29)36(32)26-14-25(5)15-27(20-26)37-34-12-8-23(3)18-30(34)31-19-24(4)9-13-35(31)37/h13-24H,1-12H3;11-22H,1-10H3;6-20H,1-5H3. The molecule has 0 bridgehead atoms. The lowest BCUT2D eigenvalue weighted by atomic mass is 9.81. The van der Waals surface area contributed by atoms with Gasteiger partial charge in [-0.15, -0.1) is 0 Å². The predicted molar refractivity (Wildman–Crippen MR) is 586 cm³/mol. The molecule has 0 aliphatic heterocycles. The van der Waals surface area contributed by atoms with Crippen molar-refractivity contribution in [1.82, 2.24) is 27.4 Å². The molecule has 7 heterocycles. The zero-order valence-corrected chi connectivity index (χ0v) is 84.1. The minimum Gasteiger partial charge on any atom is -0.455 e. The number of rotatable bonds is 7. The summed E-state index contributed by atoms with van der Waals surface area (Å²) in [5, 5.41) is 18.2. The molecule has 0 saturated carbocycles. The smallest absolute Gasteiger partial charge is 0.139 e.